The van der Waals surface area contributed by atoms with Crippen LogP contribution in [-0.2, 0) is 0 Å². The van der Waals surface area contributed by atoms with E-state index in [0.717, 1.165) is 19.6 Å². The van der Waals surface area contributed by atoms with Crippen molar-refractivity contribution in [3.05, 3.63) is 24.0 Å². The summed E-state index contributed by atoms with van der Waals surface area (Å²) >= 11 is 0. The van der Waals surface area contributed by atoms with Crippen molar-refractivity contribution >= 4 is 5.69 Å². The average molecular weight is 236 g/mol. The largest absolute Gasteiger partial charge is 0.486 e. The van der Waals surface area contributed by atoms with Gasteiger partial charge in [-0.15, -0.1) is 0 Å². The molecule has 1 atom stereocenters. The molecule has 3 aliphatic rings. The van der Waals surface area contributed by atoms with Crippen LogP contribution in [0.4, 0.5) is 10.1 Å². The summed E-state index contributed by atoms with van der Waals surface area (Å²) in [5.41, 5.74) is 5.95. The monoisotopic (exact) mass is 236 g/mol. The minimum Gasteiger partial charge on any atom is -0.486 e. The zero-order chi connectivity index (χ0) is 11.8. The molecule has 1 aromatic carbocycles. The summed E-state index contributed by atoms with van der Waals surface area (Å²) in [6.07, 6.45) is 2.47. The predicted molar refractivity (Wildman–Crippen MR) is 64.4 cm³/mol. The van der Waals surface area contributed by atoms with Crippen LogP contribution in [0.2, 0.25) is 0 Å². The van der Waals surface area contributed by atoms with Crippen molar-refractivity contribution in [1.82, 2.24) is 4.90 Å². The zero-order valence-electron chi connectivity index (χ0n) is 9.73. The SMILES string of the molecule is Nc1ccc(O[C@@H]2CN3CCC2CC3)c(F)c1. The first-order chi connectivity index (χ1) is 8.22. The molecule has 0 aliphatic carbocycles. The standard InChI is InChI=1S/C13H17FN2O/c14-11-7-10(15)1-2-12(11)17-13-8-16-5-3-9(13)4-6-16/h1-2,7,9,13H,3-6,8,15H2/t13-/m1/s1. The topological polar surface area (TPSA) is 38.5 Å². The van der Waals surface area contributed by atoms with Gasteiger partial charge >= 0.3 is 0 Å². The molecule has 0 amide bonds. The Bertz CT molecular complexity index is 416. The molecule has 0 radical (unpaired) electrons. The summed E-state index contributed by atoms with van der Waals surface area (Å²) in [4.78, 5) is 2.39. The fourth-order valence-electron chi connectivity index (χ4n) is 2.82. The number of nitrogens with two attached hydrogens (primary N) is 1. The van der Waals surface area contributed by atoms with E-state index < -0.39 is 0 Å². The third-order valence-electron chi connectivity index (χ3n) is 3.83. The second-order valence-electron chi connectivity index (χ2n) is 4.98. The smallest absolute Gasteiger partial charge is 0.167 e. The Morgan fingerprint density at radius 1 is 1.29 bits per heavy atom. The van der Waals surface area contributed by atoms with E-state index in [9.17, 15) is 4.39 Å². The predicted octanol–water partition coefficient (Wildman–Crippen LogP) is 1.88. The molecular weight excluding hydrogens is 219 g/mol. The highest BCUT2D eigenvalue weighted by molar-refractivity contribution is 5.42. The quantitative estimate of drug-likeness (QED) is 0.797. The van der Waals surface area contributed by atoms with Crippen LogP contribution >= 0.6 is 0 Å². The highest BCUT2D eigenvalue weighted by Crippen LogP contribution is 2.31. The van der Waals surface area contributed by atoms with E-state index in [0.29, 0.717) is 17.4 Å². The van der Waals surface area contributed by atoms with Crippen molar-refractivity contribution in [2.45, 2.75) is 18.9 Å². The van der Waals surface area contributed by atoms with Crippen LogP contribution in [0.3, 0.4) is 0 Å². The van der Waals surface area contributed by atoms with Crippen LogP contribution in [0, 0.1) is 11.7 Å². The molecule has 0 unspecified atom stereocenters. The first-order valence-corrected chi connectivity index (χ1v) is 6.16. The molecular formula is C13H17FN2O. The van der Waals surface area contributed by atoms with Gasteiger partial charge < -0.3 is 10.5 Å². The number of hydrogen-bond acceptors (Lipinski definition) is 3. The number of ether oxygens (including phenoxy) is 1. The van der Waals surface area contributed by atoms with Gasteiger partial charge in [0, 0.05) is 18.3 Å². The van der Waals surface area contributed by atoms with Crippen molar-refractivity contribution in [3.8, 4) is 5.75 Å². The molecule has 0 saturated carbocycles. The molecule has 2 N–H and O–H groups in total. The lowest BCUT2D eigenvalue weighted by atomic mass is 9.86. The molecule has 92 valence electrons. The van der Waals surface area contributed by atoms with Gasteiger partial charge in [-0.1, -0.05) is 0 Å². The minimum absolute atomic E-state index is 0.135. The number of halogens is 1. The molecule has 17 heavy (non-hydrogen) atoms. The van der Waals surface area contributed by atoms with E-state index in [1.165, 1.54) is 18.9 Å². The molecule has 0 aromatic heterocycles. The summed E-state index contributed by atoms with van der Waals surface area (Å²) in [5, 5.41) is 0. The van der Waals surface area contributed by atoms with E-state index in [-0.39, 0.29) is 11.9 Å². The Hall–Kier alpha value is -1.29. The fourth-order valence-corrected chi connectivity index (χ4v) is 2.82. The van der Waals surface area contributed by atoms with Gasteiger partial charge in [0.2, 0.25) is 0 Å². The Kier molecular flexibility index (Phi) is 2.67. The molecule has 3 heterocycles. The molecule has 4 rings (SSSR count). The maximum absolute atomic E-state index is 13.6. The van der Waals surface area contributed by atoms with Gasteiger partial charge in [0.1, 0.15) is 6.10 Å². The highest BCUT2D eigenvalue weighted by Gasteiger charge is 2.35. The highest BCUT2D eigenvalue weighted by atomic mass is 19.1. The molecule has 4 heteroatoms. The Morgan fingerprint density at radius 3 is 2.65 bits per heavy atom. The summed E-state index contributed by atoms with van der Waals surface area (Å²) in [7, 11) is 0. The first kappa shape index (κ1) is 10.8. The van der Waals surface area contributed by atoms with Crippen LogP contribution < -0.4 is 10.5 Å². The van der Waals surface area contributed by atoms with Crippen LogP contribution in [0.5, 0.6) is 5.75 Å². The van der Waals surface area contributed by atoms with Gasteiger partial charge in [0.05, 0.1) is 0 Å². The van der Waals surface area contributed by atoms with Crippen molar-refractivity contribution in [2.75, 3.05) is 25.4 Å². The van der Waals surface area contributed by atoms with E-state index in [1.54, 1.807) is 12.1 Å². The van der Waals surface area contributed by atoms with Gasteiger partial charge in [-0.05, 0) is 44.0 Å². The zero-order valence-corrected chi connectivity index (χ0v) is 9.73. The summed E-state index contributed by atoms with van der Waals surface area (Å²) in [6, 6.07) is 4.62. The number of anilines is 1. The molecule has 3 nitrogen and oxygen atoms in total. The number of nitrogens with zero attached hydrogens (tertiary/aromatic N) is 1. The van der Waals surface area contributed by atoms with Crippen molar-refractivity contribution < 1.29 is 9.13 Å². The van der Waals surface area contributed by atoms with E-state index >= 15 is 0 Å². The van der Waals surface area contributed by atoms with Gasteiger partial charge in [-0.2, -0.15) is 0 Å². The number of nitrogen functional groups attached to an aromatic ring is 1. The van der Waals surface area contributed by atoms with E-state index in [2.05, 4.69) is 4.90 Å². The van der Waals surface area contributed by atoms with Gasteiger partial charge in [0.15, 0.2) is 11.6 Å². The molecule has 3 fully saturated rings. The Balaban J connectivity index is 1.74. The maximum atomic E-state index is 13.6. The normalized spacial score (nSPS) is 31.5. The molecule has 3 aliphatic heterocycles. The molecule has 3 saturated heterocycles. The van der Waals surface area contributed by atoms with E-state index in [1.807, 2.05) is 0 Å². The number of rotatable bonds is 2. The van der Waals surface area contributed by atoms with Crippen molar-refractivity contribution in [2.24, 2.45) is 5.92 Å². The lowest BCUT2D eigenvalue weighted by Crippen LogP contribution is -2.52. The number of fused-ring (bicyclic) bond motifs is 3. The minimum atomic E-state index is -0.360. The lowest BCUT2D eigenvalue weighted by Gasteiger charge is -2.44. The summed E-state index contributed by atoms with van der Waals surface area (Å²) in [5.74, 6) is 0.552. The Labute approximate surface area is 100 Å². The third-order valence-corrected chi connectivity index (χ3v) is 3.83. The number of hydrogen-bond donors (Lipinski definition) is 1. The van der Waals surface area contributed by atoms with Crippen LogP contribution in [0.1, 0.15) is 12.8 Å². The lowest BCUT2D eigenvalue weighted by molar-refractivity contribution is -0.00947. The van der Waals surface area contributed by atoms with Gasteiger partial charge in [0.25, 0.3) is 0 Å². The summed E-state index contributed by atoms with van der Waals surface area (Å²) < 4.78 is 19.4. The maximum Gasteiger partial charge on any atom is 0.167 e. The third kappa shape index (κ3) is 2.09. The number of piperidine rings is 3. The summed E-state index contributed by atoms with van der Waals surface area (Å²) in [6.45, 7) is 3.25. The molecule has 0 spiro atoms. The fraction of sp³-hybridized carbons (Fsp3) is 0.538. The van der Waals surface area contributed by atoms with Gasteiger partial charge in [-0.25, -0.2) is 4.39 Å². The van der Waals surface area contributed by atoms with Crippen molar-refractivity contribution in [3.63, 3.8) is 0 Å². The number of benzene rings is 1. The first-order valence-electron chi connectivity index (χ1n) is 6.16. The average Bonchev–Trinajstić information content (AvgIpc) is 2.34. The van der Waals surface area contributed by atoms with Crippen LogP contribution in [0.25, 0.3) is 0 Å². The molecule has 2 bridgehead atoms. The van der Waals surface area contributed by atoms with Crippen LogP contribution in [-0.4, -0.2) is 30.6 Å². The van der Waals surface area contributed by atoms with Crippen LogP contribution in [0.15, 0.2) is 18.2 Å². The molecule has 1 aromatic rings. The second kappa shape index (κ2) is 4.18. The van der Waals surface area contributed by atoms with Crippen molar-refractivity contribution in [1.29, 1.82) is 0 Å². The Morgan fingerprint density at radius 2 is 2.06 bits per heavy atom. The second-order valence-corrected chi connectivity index (χ2v) is 4.98. The van der Waals surface area contributed by atoms with E-state index in [4.69, 9.17) is 10.5 Å². The van der Waals surface area contributed by atoms with Gasteiger partial charge in [-0.3, -0.25) is 4.90 Å².